The smallest absolute Gasteiger partial charge is 0.130 e. The molecule has 4 aromatic rings. The molecule has 0 spiro atoms. The van der Waals surface area contributed by atoms with Crippen molar-refractivity contribution in [3.63, 3.8) is 0 Å². The van der Waals surface area contributed by atoms with Crippen molar-refractivity contribution >= 4 is 6.08 Å². The van der Waals surface area contributed by atoms with Gasteiger partial charge in [-0.3, -0.25) is 0 Å². The van der Waals surface area contributed by atoms with E-state index in [2.05, 4.69) is 0 Å². The Hall–Kier alpha value is -4.22. The SMILES string of the molecule is CCOc1ccc(C(O)C=Cc2ccc(OCc3ccccc3)cc2OCC)c(OCc2ccccc2)c1. The lowest BCUT2D eigenvalue weighted by atomic mass is 10.1. The molecule has 4 aromatic carbocycles. The Morgan fingerprint density at radius 2 is 1.21 bits per heavy atom. The predicted molar refractivity (Wildman–Crippen MR) is 151 cm³/mol. The van der Waals surface area contributed by atoms with E-state index in [1.54, 1.807) is 6.08 Å². The second-order valence-electron chi connectivity index (χ2n) is 8.62. The minimum Gasteiger partial charge on any atom is -0.494 e. The second-order valence-corrected chi connectivity index (χ2v) is 8.62. The summed E-state index contributed by atoms with van der Waals surface area (Å²) in [6, 6.07) is 31.2. The van der Waals surface area contributed by atoms with Gasteiger partial charge in [-0.15, -0.1) is 0 Å². The minimum absolute atomic E-state index is 0.388. The quantitative estimate of drug-likeness (QED) is 0.203. The van der Waals surface area contributed by atoms with Gasteiger partial charge in [0.15, 0.2) is 0 Å². The van der Waals surface area contributed by atoms with Gasteiger partial charge in [0.2, 0.25) is 0 Å². The summed E-state index contributed by atoms with van der Waals surface area (Å²) in [4.78, 5) is 0. The van der Waals surface area contributed by atoms with Crippen LogP contribution in [0.25, 0.3) is 6.08 Å². The number of aliphatic hydroxyl groups is 1. The van der Waals surface area contributed by atoms with Crippen molar-refractivity contribution in [3.05, 3.63) is 125 Å². The van der Waals surface area contributed by atoms with E-state index in [4.69, 9.17) is 18.9 Å². The summed E-state index contributed by atoms with van der Waals surface area (Å²) in [7, 11) is 0. The third-order valence-corrected chi connectivity index (χ3v) is 5.84. The normalized spacial score (nSPS) is 11.8. The van der Waals surface area contributed by atoms with Crippen molar-refractivity contribution in [2.75, 3.05) is 13.2 Å². The molecule has 0 radical (unpaired) electrons. The summed E-state index contributed by atoms with van der Waals surface area (Å²) in [5.41, 5.74) is 3.64. The van der Waals surface area contributed by atoms with Gasteiger partial charge in [0.05, 0.1) is 13.2 Å². The van der Waals surface area contributed by atoms with Gasteiger partial charge in [-0.25, -0.2) is 0 Å². The fraction of sp³-hybridized carbons (Fsp3) is 0.212. The zero-order chi connectivity index (χ0) is 26.6. The Labute approximate surface area is 224 Å². The number of hydrogen-bond donors (Lipinski definition) is 1. The van der Waals surface area contributed by atoms with Crippen LogP contribution in [-0.2, 0) is 13.2 Å². The summed E-state index contributed by atoms with van der Waals surface area (Å²) >= 11 is 0. The lowest BCUT2D eigenvalue weighted by Crippen LogP contribution is -2.03. The van der Waals surface area contributed by atoms with E-state index in [9.17, 15) is 5.11 Å². The van der Waals surface area contributed by atoms with Crippen LogP contribution in [0.5, 0.6) is 23.0 Å². The monoisotopic (exact) mass is 510 g/mol. The van der Waals surface area contributed by atoms with Crippen LogP contribution in [0.3, 0.4) is 0 Å². The van der Waals surface area contributed by atoms with Crippen molar-refractivity contribution in [1.82, 2.24) is 0 Å². The van der Waals surface area contributed by atoms with Crippen LogP contribution in [0.4, 0.5) is 0 Å². The van der Waals surface area contributed by atoms with Gasteiger partial charge in [0, 0.05) is 23.3 Å². The van der Waals surface area contributed by atoms with Crippen LogP contribution in [0, 0.1) is 0 Å². The van der Waals surface area contributed by atoms with Gasteiger partial charge in [0.25, 0.3) is 0 Å². The average Bonchev–Trinajstić information content (AvgIpc) is 2.96. The summed E-state index contributed by atoms with van der Waals surface area (Å²) < 4.78 is 23.6. The van der Waals surface area contributed by atoms with Gasteiger partial charge < -0.3 is 24.1 Å². The molecular formula is C33H34O5. The molecule has 0 fully saturated rings. The first kappa shape index (κ1) is 26.8. The molecule has 38 heavy (non-hydrogen) atoms. The van der Waals surface area contributed by atoms with Gasteiger partial charge >= 0.3 is 0 Å². The Morgan fingerprint density at radius 3 is 1.87 bits per heavy atom. The summed E-state index contributed by atoms with van der Waals surface area (Å²) in [5.74, 6) is 2.68. The van der Waals surface area contributed by atoms with Crippen molar-refractivity contribution in [3.8, 4) is 23.0 Å². The second kappa shape index (κ2) is 13.9. The molecule has 4 rings (SSSR count). The molecule has 0 heterocycles. The zero-order valence-corrected chi connectivity index (χ0v) is 21.9. The highest BCUT2D eigenvalue weighted by atomic mass is 16.5. The largest absolute Gasteiger partial charge is 0.494 e. The molecule has 5 nitrogen and oxygen atoms in total. The van der Waals surface area contributed by atoms with Crippen LogP contribution in [0.2, 0.25) is 0 Å². The van der Waals surface area contributed by atoms with Crippen LogP contribution >= 0.6 is 0 Å². The third-order valence-electron chi connectivity index (χ3n) is 5.84. The fourth-order valence-electron chi connectivity index (χ4n) is 3.94. The Kier molecular flexibility index (Phi) is 9.82. The van der Waals surface area contributed by atoms with Crippen molar-refractivity contribution in [2.24, 2.45) is 0 Å². The van der Waals surface area contributed by atoms with E-state index in [-0.39, 0.29) is 0 Å². The van der Waals surface area contributed by atoms with Crippen molar-refractivity contribution in [2.45, 2.75) is 33.2 Å². The highest BCUT2D eigenvalue weighted by Crippen LogP contribution is 2.33. The van der Waals surface area contributed by atoms with E-state index < -0.39 is 6.10 Å². The Bertz CT molecular complexity index is 1300. The number of ether oxygens (including phenoxy) is 4. The molecule has 0 aromatic heterocycles. The Balaban J connectivity index is 1.50. The molecule has 0 aliphatic rings. The molecule has 0 saturated carbocycles. The van der Waals surface area contributed by atoms with E-state index in [0.29, 0.717) is 49.2 Å². The standard InChI is InChI=1S/C33H34O5/c1-3-35-28-18-19-30(33(22-28)38-24-26-13-9-6-10-14-26)31(34)20-16-27-15-17-29(21-32(27)36-4-2)37-23-25-11-7-5-8-12-25/h5-22,31,34H,3-4,23-24H2,1-2H3. The molecule has 0 amide bonds. The maximum absolute atomic E-state index is 11.1. The van der Waals surface area contributed by atoms with Gasteiger partial charge in [-0.1, -0.05) is 72.8 Å². The first-order chi connectivity index (χ1) is 18.7. The van der Waals surface area contributed by atoms with E-state index >= 15 is 0 Å². The van der Waals surface area contributed by atoms with E-state index in [0.717, 1.165) is 22.4 Å². The van der Waals surface area contributed by atoms with Gasteiger partial charge in [-0.2, -0.15) is 0 Å². The van der Waals surface area contributed by atoms with E-state index in [1.807, 2.05) is 117 Å². The van der Waals surface area contributed by atoms with Crippen molar-refractivity contribution in [1.29, 1.82) is 0 Å². The molecule has 5 heteroatoms. The highest BCUT2D eigenvalue weighted by molar-refractivity contribution is 5.60. The maximum Gasteiger partial charge on any atom is 0.130 e. The molecule has 0 saturated heterocycles. The van der Waals surface area contributed by atoms with Crippen LogP contribution in [-0.4, -0.2) is 18.3 Å². The first-order valence-electron chi connectivity index (χ1n) is 12.9. The summed E-state index contributed by atoms with van der Waals surface area (Å²) in [6.45, 7) is 5.80. The van der Waals surface area contributed by atoms with Crippen LogP contribution in [0.15, 0.2) is 103 Å². The van der Waals surface area contributed by atoms with Crippen LogP contribution < -0.4 is 18.9 Å². The number of hydrogen-bond acceptors (Lipinski definition) is 5. The highest BCUT2D eigenvalue weighted by Gasteiger charge is 2.14. The molecule has 1 atom stereocenters. The lowest BCUT2D eigenvalue weighted by Gasteiger charge is -2.16. The average molecular weight is 511 g/mol. The molecule has 0 aliphatic carbocycles. The third kappa shape index (κ3) is 7.64. The zero-order valence-electron chi connectivity index (χ0n) is 21.9. The maximum atomic E-state index is 11.1. The Morgan fingerprint density at radius 1 is 0.632 bits per heavy atom. The fourth-order valence-corrected chi connectivity index (χ4v) is 3.94. The molecule has 196 valence electrons. The number of rotatable bonds is 13. The predicted octanol–water partition coefficient (Wildman–Crippen LogP) is 7.39. The lowest BCUT2D eigenvalue weighted by molar-refractivity contribution is 0.216. The topological polar surface area (TPSA) is 57.2 Å². The molecular weight excluding hydrogens is 476 g/mol. The summed E-state index contributed by atoms with van der Waals surface area (Å²) in [6.07, 6.45) is 2.70. The van der Waals surface area contributed by atoms with E-state index in [1.165, 1.54) is 0 Å². The van der Waals surface area contributed by atoms with Gasteiger partial charge in [-0.05, 0) is 49.2 Å². The molecule has 1 N–H and O–H groups in total. The summed E-state index contributed by atoms with van der Waals surface area (Å²) in [5, 5.41) is 11.1. The van der Waals surface area contributed by atoms with Gasteiger partial charge in [0.1, 0.15) is 42.3 Å². The number of benzene rings is 4. The minimum atomic E-state index is -0.889. The molecule has 0 aliphatic heterocycles. The van der Waals surface area contributed by atoms with Crippen LogP contribution in [0.1, 0.15) is 42.2 Å². The number of aliphatic hydroxyl groups excluding tert-OH is 1. The molecule has 1 unspecified atom stereocenters. The first-order valence-corrected chi connectivity index (χ1v) is 12.9. The van der Waals surface area contributed by atoms with Crippen molar-refractivity contribution < 1.29 is 24.1 Å². The molecule has 0 bridgehead atoms.